The topological polar surface area (TPSA) is 68.3 Å². The summed E-state index contributed by atoms with van der Waals surface area (Å²) in [5.41, 5.74) is 0.652. The number of alkyl halides is 3. The molecule has 1 aliphatic heterocycles. The summed E-state index contributed by atoms with van der Waals surface area (Å²) in [7, 11) is 1.69. The number of hydrogen-bond acceptors (Lipinski definition) is 5. The van der Waals surface area contributed by atoms with Crippen LogP contribution in [0.25, 0.3) is 0 Å². The first kappa shape index (κ1) is 20.5. The summed E-state index contributed by atoms with van der Waals surface area (Å²) in [5, 5.41) is 1.63. The third-order valence-corrected chi connectivity index (χ3v) is 5.54. The van der Waals surface area contributed by atoms with Crippen LogP contribution in [0.4, 0.5) is 18.0 Å². The average Bonchev–Trinajstić information content (AvgIpc) is 2.83. The summed E-state index contributed by atoms with van der Waals surface area (Å²) in [5.74, 6) is -0.159. The molecular formula is C17H13BClF3N2O3S. The molecule has 2 aromatic rings. The maximum atomic E-state index is 12.7. The first-order valence-electron chi connectivity index (χ1n) is 8.02. The van der Waals surface area contributed by atoms with Crippen LogP contribution in [0.5, 0.6) is 11.6 Å². The van der Waals surface area contributed by atoms with Crippen LogP contribution in [-0.2, 0) is 17.4 Å². The molecule has 1 aliphatic rings. The zero-order chi connectivity index (χ0) is 20.7. The average molecular weight is 429 g/mol. The molecule has 146 valence electrons. The summed E-state index contributed by atoms with van der Waals surface area (Å²) < 4.78 is 42.6. The van der Waals surface area contributed by atoms with E-state index in [4.69, 9.17) is 16.3 Å². The zero-order valence-corrected chi connectivity index (χ0v) is 16.3. The van der Waals surface area contributed by atoms with Crippen LogP contribution < -0.4 is 10.1 Å². The molecule has 3 rings (SSSR count). The molecule has 0 unspecified atom stereocenters. The Kier molecular flexibility index (Phi) is 5.37. The van der Waals surface area contributed by atoms with Crippen molar-refractivity contribution in [3.8, 4) is 11.6 Å². The normalized spacial score (nSPS) is 19.6. The molecule has 1 aromatic heterocycles. The number of hydrogen-bond donors (Lipinski definition) is 1. The Morgan fingerprint density at radius 1 is 1.32 bits per heavy atom. The van der Waals surface area contributed by atoms with Gasteiger partial charge in [0, 0.05) is 6.20 Å². The highest BCUT2D eigenvalue weighted by atomic mass is 35.5. The quantitative estimate of drug-likeness (QED) is 0.752. The maximum Gasteiger partial charge on any atom is 0.417 e. The molecule has 0 aliphatic carbocycles. The van der Waals surface area contributed by atoms with E-state index in [1.807, 2.05) is 0 Å². The van der Waals surface area contributed by atoms with Gasteiger partial charge in [0.15, 0.2) is 0 Å². The molecule has 1 aromatic carbocycles. The number of nitrogens with one attached hydrogen (secondary N) is 1. The van der Waals surface area contributed by atoms with Crippen LogP contribution in [-0.4, -0.2) is 28.6 Å². The van der Waals surface area contributed by atoms with Gasteiger partial charge in [-0.3, -0.25) is 14.9 Å². The van der Waals surface area contributed by atoms with Crippen molar-refractivity contribution in [1.29, 1.82) is 0 Å². The molecule has 2 amide bonds. The fourth-order valence-electron chi connectivity index (χ4n) is 2.68. The molecule has 0 bridgehead atoms. The fraction of sp³-hybridized carbons (Fsp3) is 0.235. The molecule has 1 saturated heterocycles. The molecule has 11 heteroatoms. The van der Waals surface area contributed by atoms with Crippen molar-refractivity contribution in [2.45, 2.75) is 24.2 Å². The van der Waals surface area contributed by atoms with Gasteiger partial charge in [-0.25, -0.2) is 4.98 Å². The van der Waals surface area contributed by atoms with Crippen LogP contribution in [0.15, 0.2) is 30.5 Å². The summed E-state index contributed by atoms with van der Waals surface area (Å²) in [6.07, 6.45) is -3.56. The molecule has 1 atom stereocenters. The van der Waals surface area contributed by atoms with E-state index in [0.717, 1.165) is 29.0 Å². The zero-order valence-electron chi connectivity index (χ0n) is 14.7. The van der Waals surface area contributed by atoms with E-state index in [9.17, 15) is 22.8 Å². The number of nitrogens with zero attached hydrogens (tertiary/aromatic N) is 1. The van der Waals surface area contributed by atoms with Gasteiger partial charge in [-0.05, 0) is 42.7 Å². The lowest BCUT2D eigenvalue weighted by Crippen LogP contribution is -2.39. The van der Waals surface area contributed by atoms with Crippen molar-refractivity contribution in [3.05, 3.63) is 52.2 Å². The number of halogens is 4. The number of benzene rings is 1. The number of pyridine rings is 1. The van der Waals surface area contributed by atoms with Crippen LogP contribution in [0.3, 0.4) is 0 Å². The molecule has 28 heavy (non-hydrogen) atoms. The second-order valence-electron chi connectivity index (χ2n) is 6.45. The van der Waals surface area contributed by atoms with Gasteiger partial charge in [-0.15, -0.1) is 0 Å². The molecule has 1 fully saturated rings. The summed E-state index contributed by atoms with van der Waals surface area (Å²) in [4.78, 5) is 27.1. The highest BCUT2D eigenvalue weighted by Crippen LogP contribution is 2.36. The Morgan fingerprint density at radius 2 is 2.04 bits per heavy atom. The molecule has 5 nitrogen and oxygen atoms in total. The van der Waals surface area contributed by atoms with E-state index in [-0.39, 0.29) is 22.0 Å². The summed E-state index contributed by atoms with van der Waals surface area (Å²) >= 11 is 6.79. The number of carbonyl (C=O) groups is 2. The predicted octanol–water partition coefficient (Wildman–Crippen LogP) is 3.71. The monoisotopic (exact) mass is 428 g/mol. The lowest BCUT2D eigenvalue weighted by molar-refractivity contribution is -0.137. The minimum absolute atomic E-state index is 0.148. The minimum Gasteiger partial charge on any atom is -0.438 e. The van der Waals surface area contributed by atoms with E-state index >= 15 is 0 Å². The lowest BCUT2D eigenvalue weighted by atomic mass is 9.79. The van der Waals surface area contributed by atoms with E-state index in [1.165, 1.54) is 0 Å². The highest BCUT2D eigenvalue weighted by molar-refractivity contribution is 8.17. The van der Waals surface area contributed by atoms with Crippen molar-refractivity contribution in [3.63, 3.8) is 0 Å². The maximum absolute atomic E-state index is 12.7. The Bertz CT molecular complexity index is 973. The highest BCUT2D eigenvalue weighted by Gasteiger charge is 2.43. The number of ether oxygens (including phenoxy) is 1. The number of thioether (sulfide) groups is 1. The second kappa shape index (κ2) is 7.33. The van der Waals surface area contributed by atoms with Crippen LogP contribution >= 0.6 is 23.4 Å². The van der Waals surface area contributed by atoms with Crippen LogP contribution in [0, 0.1) is 6.92 Å². The molecule has 0 spiro atoms. The third kappa shape index (κ3) is 4.28. The van der Waals surface area contributed by atoms with Gasteiger partial charge >= 0.3 is 6.18 Å². The van der Waals surface area contributed by atoms with Crippen LogP contribution in [0.2, 0.25) is 5.02 Å². The van der Waals surface area contributed by atoms with E-state index in [0.29, 0.717) is 18.4 Å². The number of rotatable bonds is 4. The van der Waals surface area contributed by atoms with Crippen molar-refractivity contribution in [1.82, 2.24) is 10.3 Å². The second-order valence-corrected chi connectivity index (χ2v) is 8.33. The number of imide groups is 1. The van der Waals surface area contributed by atoms with E-state index < -0.39 is 16.4 Å². The number of aromatic nitrogens is 1. The Balaban J connectivity index is 1.78. The van der Waals surface area contributed by atoms with E-state index in [1.54, 1.807) is 33.0 Å². The molecule has 1 N–H and O–H groups in total. The summed E-state index contributed by atoms with van der Waals surface area (Å²) in [6.45, 7) is 1.80. The van der Waals surface area contributed by atoms with Crippen LogP contribution in [0.1, 0.15) is 16.7 Å². The largest absolute Gasteiger partial charge is 0.438 e. The van der Waals surface area contributed by atoms with Crippen molar-refractivity contribution in [2.75, 3.05) is 0 Å². The van der Waals surface area contributed by atoms with Crippen molar-refractivity contribution >= 4 is 42.4 Å². The Hall–Kier alpha value is -2.20. The van der Waals surface area contributed by atoms with Gasteiger partial charge in [0.25, 0.3) is 5.24 Å². The van der Waals surface area contributed by atoms with Gasteiger partial charge in [0.2, 0.25) is 11.8 Å². The molecule has 0 saturated carbocycles. The van der Waals surface area contributed by atoms with Gasteiger partial charge < -0.3 is 4.74 Å². The SMILES string of the molecule is B[C@]1(Cc2ccc(Oc3ncc(C(F)(F)F)cc3Cl)cc2C)SC(=O)NC1=O. The number of amides is 2. The fourth-order valence-corrected chi connectivity index (χ4v) is 3.81. The van der Waals surface area contributed by atoms with Gasteiger partial charge in [-0.1, -0.05) is 29.4 Å². The number of aryl methyl sites for hydroxylation is 1. The number of carbonyl (C=O) groups excluding carboxylic acids is 2. The first-order valence-corrected chi connectivity index (χ1v) is 9.22. The lowest BCUT2D eigenvalue weighted by Gasteiger charge is -2.20. The van der Waals surface area contributed by atoms with Gasteiger partial charge in [0.1, 0.15) is 18.6 Å². The van der Waals surface area contributed by atoms with Gasteiger partial charge in [0.05, 0.1) is 10.2 Å². The first-order chi connectivity index (χ1) is 13.0. The third-order valence-electron chi connectivity index (χ3n) is 4.20. The van der Waals surface area contributed by atoms with Gasteiger partial charge in [-0.2, -0.15) is 13.2 Å². The molecule has 2 heterocycles. The molecule has 0 radical (unpaired) electrons. The van der Waals surface area contributed by atoms with E-state index in [2.05, 4.69) is 10.3 Å². The molecular weight excluding hydrogens is 416 g/mol. The summed E-state index contributed by atoms with van der Waals surface area (Å²) in [6, 6.07) is 5.73. The standard InChI is InChI=1S/C17H13BClF3N2O3S/c1-8-4-11(27-13-12(19)5-10(7-23-13)17(20,21)22)3-2-9(8)6-16(18)14(25)24-15(26)28-16/h2-5,7H,6,18H2,1H3,(H,24,25,26)/t16-/m1/s1. The smallest absolute Gasteiger partial charge is 0.417 e. The van der Waals surface area contributed by atoms with Crippen molar-refractivity contribution < 1.29 is 27.5 Å². The Morgan fingerprint density at radius 3 is 2.57 bits per heavy atom. The Labute approximate surface area is 168 Å². The van der Waals surface area contributed by atoms with Crippen molar-refractivity contribution in [2.24, 2.45) is 0 Å². The predicted molar refractivity (Wildman–Crippen MR) is 102 cm³/mol. The minimum atomic E-state index is -4.55.